The van der Waals surface area contributed by atoms with Crippen molar-refractivity contribution in [2.24, 2.45) is 0 Å². The summed E-state index contributed by atoms with van der Waals surface area (Å²) in [4.78, 5) is 0. The molecule has 130 valence electrons. The van der Waals surface area contributed by atoms with Crippen LogP contribution in [0, 0.1) is 0 Å². The summed E-state index contributed by atoms with van der Waals surface area (Å²) in [5, 5.41) is 7.47. The van der Waals surface area contributed by atoms with Crippen molar-refractivity contribution in [3.8, 4) is 11.1 Å². The lowest BCUT2D eigenvalue weighted by Gasteiger charge is -2.05. The van der Waals surface area contributed by atoms with E-state index in [9.17, 15) is 0 Å². The molecule has 0 unspecified atom stereocenters. The van der Waals surface area contributed by atoms with Gasteiger partial charge in [0, 0.05) is 28.1 Å². The number of hydrogen-bond acceptors (Lipinski definition) is 1. The highest BCUT2D eigenvalue weighted by molar-refractivity contribution is 6.30. The second kappa shape index (κ2) is 5.02. The molecule has 0 aliphatic heterocycles. The lowest BCUT2D eigenvalue weighted by molar-refractivity contribution is 0.669. The number of hydrogen-bond donors (Lipinski definition) is 0. The molecule has 1 aromatic heterocycles. The number of rotatable bonds is 0. The van der Waals surface area contributed by atoms with Crippen molar-refractivity contribution in [2.75, 3.05) is 0 Å². The molecule has 28 heavy (non-hydrogen) atoms. The molecule has 0 saturated carbocycles. The molecule has 0 atom stereocenters. The van der Waals surface area contributed by atoms with E-state index >= 15 is 0 Å². The fourth-order valence-corrected chi connectivity index (χ4v) is 5.08. The third-order valence-electron chi connectivity index (χ3n) is 6.29. The second-order valence-corrected chi connectivity index (χ2v) is 7.70. The molecule has 1 aliphatic carbocycles. The van der Waals surface area contributed by atoms with E-state index in [2.05, 4.69) is 84.9 Å². The highest BCUT2D eigenvalue weighted by atomic mass is 16.3. The van der Waals surface area contributed by atoms with Gasteiger partial charge < -0.3 is 4.42 Å². The van der Waals surface area contributed by atoms with E-state index in [-0.39, 0.29) is 0 Å². The maximum Gasteiger partial charge on any atom is 0.143 e. The Morgan fingerprint density at radius 2 is 1.18 bits per heavy atom. The van der Waals surface area contributed by atoms with Gasteiger partial charge in [-0.2, -0.15) is 0 Å². The fraction of sp³-hybridized carbons (Fsp3) is 0.0370. The summed E-state index contributed by atoms with van der Waals surface area (Å²) in [5.74, 6) is 0. The minimum Gasteiger partial charge on any atom is -0.455 e. The Labute approximate surface area is 161 Å². The third-order valence-corrected chi connectivity index (χ3v) is 6.29. The predicted octanol–water partition coefficient (Wildman–Crippen LogP) is 7.46. The zero-order chi connectivity index (χ0) is 18.2. The van der Waals surface area contributed by atoms with Crippen molar-refractivity contribution in [3.05, 3.63) is 96.1 Å². The van der Waals surface area contributed by atoms with E-state index in [4.69, 9.17) is 4.42 Å². The molecule has 0 fully saturated rings. The van der Waals surface area contributed by atoms with Gasteiger partial charge in [-0.3, -0.25) is 0 Å². The Hall–Kier alpha value is -3.58. The van der Waals surface area contributed by atoms with Gasteiger partial charge in [-0.15, -0.1) is 0 Å². The first-order valence-electron chi connectivity index (χ1n) is 9.76. The minimum absolute atomic E-state index is 0.943. The fourth-order valence-electron chi connectivity index (χ4n) is 5.08. The average Bonchev–Trinajstić information content (AvgIpc) is 3.33. The van der Waals surface area contributed by atoms with E-state index < -0.39 is 0 Å². The van der Waals surface area contributed by atoms with Crippen LogP contribution >= 0.6 is 0 Å². The van der Waals surface area contributed by atoms with Crippen molar-refractivity contribution >= 4 is 43.5 Å². The number of fused-ring (bicyclic) bond motifs is 12. The molecule has 0 radical (unpaired) electrons. The molecule has 6 aromatic rings. The Morgan fingerprint density at radius 1 is 0.500 bits per heavy atom. The molecule has 0 bridgehead atoms. The second-order valence-electron chi connectivity index (χ2n) is 7.70. The van der Waals surface area contributed by atoms with Gasteiger partial charge in [0.05, 0.1) is 0 Å². The molecule has 1 heterocycles. The van der Waals surface area contributed by atoms with Crippen LogP contribution in [0.25, 0.3) is 54.6 Å². The average molecular weight is 356 g/mol. The maximum absolute atomic E-state index is 6.65. The molecule has 0 N–H and O–H groups in total. The quantitative estimate of drug-likeness (QED) is 0.257. The first-order valence-corrected chi connectivity index (χ1v) is 9.76. The van der Waals surface area contributed by atoms with Gasteiger partial charge in [0.15, 0.2) is 0 Å². The third kappa shape index (κ3) is 1.67. The monoisotopic (exact) mass is 356 g/mol. The van der Waals surface area contributed by atoms with Crippen molar-refractivity contribution in [1.29, 1.82) is 0 Å². The van der Waals surface area contributed by atoms with E-state index in [0.29, 0.717) is 0 Å². The van der Waals surface area contributed by atoms with E-state index in [1.807, 2.05) is 0 Å². The highest BCUT2D eigenvalue weighted by Gasteiger charge is 2.24. The molecule has 7 rings (SSSR count). The van der Waals surface area contributed by atoms with Gasteiger partial charge in [-0.05, 0) is 38.9 Å². The first kappa shape index (κ1) is 14.5. The van der Waals surface area contributed by atoms with Gasteiger partial charge >= 0.3 is 0 Å². The Morgan fingerprint density at radius 3 is 2.04 bits per heavy atom. The standard InChI is InChI=1S/C27H16O/c1-2-8-17-16(7-1)15-24-20(17)13-14-23-25-21-11-5-3-9-18(21)19-10-4-6-12-22(19)27(25)28-26(23)24/h1-14H,15H2. The first-order chi connectivity index (χ1) is 13.9. The molecule has 1 heteroatoms. The van der Waals surface area contributed by atoms with Crippen LogP contribution in [-0.2, 0) is 6.42 Å². The van der Waals surface area contributed by atoms with Crippen molar-refractivity contribution in [1.82, 2.24) is 0 Å². The van der Waals surface area contributed by atoms with Crippen LogP contribution in [0.5, 0.6) is 0 Å². The summed E-state index contributed by atoms with van der Waals surface area (Å²) in [6.07, 6.45) is 0.943. The lowest BCUT2D eigenvalue weighted by atomic mass is 9.96. The molecule has 0 amide bonds. The normalized spacial score (nSPS) is 12.9. The van der Waals surface area contributed by atoms with Crippen LogP contribution in [0.2, 0.25) is 0 Å². The van der Waals surface area contributed by atoms with Crippen LogP contribution < -0.4 is 0 Å². The summed E-state index contributed by atoms with van der Waals surface area (Å²) < 4.78 is 6.65. The lowest BCUT2D eigenvalue weighted by Crippen LogP contribution is -1.81. The molecule has 0 saturated heterocycles. The molecule has 5 aromatic carbocycles. The van der Waals surface area contributed by atoms with Crippen molar-refractivity contribution < 1.29 is 4.42 Å². The van der Waals surface area contributed by atoms with Crippen LogP contribution in [-0.4, -0.2) is 0 Å². The smallest absolute Gasteiger partial charge is 0.143 e. The molecule has 0 spiro atoms. The summed E-state index contributed by atoms with van der Waals surface area (Å²) in [5.41, 5.74) is 7.42. The minimum atomic E-state index is 0.943. The number of benzene rings is 5. The van der Waals surface area contributed by atoms with Crippen molar-refractivity contribution in [2.45, 2.75) is 6.42 Å². The van der Waals surface area contributed by atoms with E-state index in [1.165, 1.54) is 54.6 Å². The SMILES string of the molecule is c1ccc2c(c1)Cc1c-2ccc2c1oc1c3ccccc3c3ccccc3c21. The van der Waals surface area contributed by atoms with E-state index in [1.54, 1.807) is 0 Å². The number of furan rings is 1. The van der Waals surface area contributed by atoms with Gasteiger partial charge in [-0.1, -0.05) is 78.9 Å². The van der Waals surface area contributed by atoms with Crippen LogP contribution in [0.15, 0.2) is 89.3 Å². The van der Waals surface area contributed by atoms with Gasteiger partial charge in [0.2, 0.25) is 0 Å². The topological polar surface area (TPSA) is 13.1 Å². The summed E-state index contributed by atoms with van der Waals surface area (Å²) in [6.45, 7) is 0. The van der Waals surface area contributed by atoms with E-state index in [0.717, 1.165) is 17.6 Å². The van der Waals surface area contributed by atoms with Gasteiger partial charge in [0.25, 0.3) is 0 Å². The Balaban J connectivity index is 1.72. The molecule has 1 nitrogen and oxygen atoms in total. The van der Waals surface area contributed by atoms with Crippen LogP contribution in [0.3, 0.4) is 0 Å². The Kier molecular flexibility index (Phi) is 2.60. The van der Waals surface area contributed by atoms with Crippen LogP contribution in [0.1, 0.15) is 11.1 Å². The van der Waals surface area contributed by atoms with Gasteiger partial charge in [-0.25, -0.2) is 0 Å². The molecule has 1 aliphatic rings. The Bertz CT molecular complexity index is 1580. The largest absolute Gasteiger partial charge is 0.455 e. The van der Waals surface area contributed by atoms with Crippen LogP contribution in [0.4, 0.5) is 0 Å². The molecular formula is C27H16O. The summed E-state index contributed by atoms with van der Waals surface area (Å²) >= 11 is 0. The zero-order valence-corrected chi connectivity index (χ0v) is 15.2. The van der Waals surface area contributed by atoms with Crippen molar-refractivity contribution in [3.63, 3.8) is 0 Å². The molecular weight excluding hydrogens is 340 g/mol. The zero-order valence-electron chi connectivity index (χ0n) is 15.2. The van der Waals surface area contributed by atoms with Gasteiger partial charge in [0.1, 0.15) is 11.2 Å². The summed E-state index contributed by atoms with van der Waals surface area (Å²) in [6, 6.07) is 30.5. The maximum atomic E-state index is 6.65. The summed E-state index contributed by atoms with van der Waals surface area (Å²) in [7, 11) is 0. The highest BCUT2D eigenvalue weighted by Crippen LogP contribution is 2.46. The predicted molar refractivity (Wildman–Crippen MR) is 117 cm³/mol.